The molecule has 0 saturated heterocycles. The Balaban J connectivity index is 1.72. The van der Waals surface area contributed by atoms with Crippen molar-refractivity contribution in [1.82, 2.24) is 10.6 Å². The second-order valence-electron chi connectivity index (χ2n) is 7.28. The maximum atomic E-state index is 13.2. The second-order valence-corrected chi connectivity index (χ2v) is 9.41. The fourth-order valence-corrected chi connectivity index (χ4v) is 5.30. The molecule has 1 fully saturated rings. The minimum Gasteiger partial charge on any atom is -0.346 e. The molecule has 29 heavy (non-hydrogen) atoms. The van der Waals surface area contributed by atoms with Gasteiger partial charge in [0.2, 0.25) is 0 Å². The lowest BCUT2D eigenvalue weighted by molar-refractivity contribution is -0.139. The SMILES string of the molecule is O=C(NC[C@H](c1ccccc1)S(=O)(=O)c1ccccc1)C(=O)NC1CCCCC1. The van der Waals surface area contributed by atoms with Gasteiger partial charge in [-0.25, -0.2) is 8.42 Å². The van der Waals surface area contributed by atoms with Crippen LogP contribution in [0.1, 0.15) is 42.9 Å². The van der Waals surface area contributed by atoms with E-state index in [0.29, 0.717) is 5.56 Å². The summed E-state index contributed by atoms with van der Waals surface area (Å²) in [6.07, 6.45) is 4.96. The Labute approximate surface area is 171 Å². The van der Waals surface area contributed by atoms with Crippen molar-refractivity contribution in [2.24, 2.45) is 0 Å². The van der Waals surface area contributed by atoms with Gasteiger partial charge in [0.05, 0.1) is 4.90 Å². The lowest BCUT2D eigenvalue weighted by Gasteiger charge is -2.23. The van der Waals surface area contributed by atoms with Crippen LogP contribution < -0.4 is 10.6 Å². The van der Waals surface area contributed by atoms with Crippen LogP contribution in [0.3, 0.4) is 0 Å². The number of hydrogen-bond donors (Lipinski definition) is 2. The van der Waals surface area contributed by atoms with Gasteiger partial charge in [0.1, 0.15) is 5.25 Å². The highest BCUT2D eigenvalue weighted by atomic mass is 32.2. The summed E-state index contributed by atoms with van der Waals surface area (Å²) in [5.74, 6) is -1.51. The molecular formula is C22H26N2O4S. The summed E-state index contributed by atoms with van der Waals surface area (Å²) >= 11 is 0. The Hall–Kier alpha value is -2.67. The largest absolute Gasteiger partial charge is 0.346 e. The van der Waals surface area contributed by atoms with Crippen LogP contribution in [-0.4, -0.2) is 32.8 Å². The predicted molar refractivity (Wildman–Crippen MR) is 111 cm³/mol. The molecule has 3 rings (SSSR count). The molecule has 154 valence electrons. The molecule has 0 spiro atoms. The van der Waals surface area contributed by atoms with Gasteiger partial charge in [-0.2, -0.15) is 0 Å². The molecule has 0 heterocycles. The summed E-state index contributed by atoms with van der Waals surface area (Å²) in [4.78, 5) is 24.7. The summed E-state index contributed by atoms with van der Waals surface area (Å²) in [7, 11) is -3.75. The van der Waals surface area contributed by atoms with Crippen molar-refractivity contribution in [1.29, 1.82) is 0 Å². The molecule has 0 aliphatic heterocycles. The van der Waals surface area contributed by atoms with Gasteiger partial charge in [-0.15, -0.1) is 0 Å². The van der Waals surface area contributed by atoms with Crippen molar-refractivity contribution in [3.8, 4) is 0 Å². The molecule has 1 aliphatic carbocycles. The molecule has 2 aromatic carbocycles. The van der Waals surface area contributed by atoms with E-state index in [1.807, 2.05) is 0 Å². The highest BCUT2D eigenvalue weighted by Gasteiger charge is 2.30. The first-order valence-corrected chi connectivity index (χ1v) is 11.5. The Morgan fingerprint density at radius 1 is 0.862 bits per heavy atom. The minimum atomic E-state index is -3.75. The van der Waals surface area contributed by atoms with Crippen molar-refractivity contribution in [2.75, 3.05) is 6.54 Å². The maximum absolute atomic E-state index is 13.2. The average molecular weight is 415 g/mol. The third-order valence-electron chi connectivity index (χ3n) is 5.21. The first kappa shape index (κ1) is 21.0. The lowest BCUT2D eigenvalue weighted by Crippen LogP contribution is -2.46. The number of carbonyl (C=O) groups excluding carboxylic acids is 2. The van der Waals surface area contributed by atoms with E-state index in [9.17, 15) is 18.0 Å². The summed E-state index contributed by atoms with van der Waals surface area (Å²) in [6.45, 7) is -0.182. The van der Waals surface area contributed by atoms with Gasteiger partial charge in [0.25, 0.3) is 0 Å². The number of amides is 2. The molecule has 0 bridgehead atoms. The van der Waals surface area contributed by atoms with E-state index in [2.05, 4.69) is 10.6 Å². The number of benzene rings is 2. The topological polar surface area (TPSA) is 92.3 Å². The van der Waals surface area contributed by atoms with Crippen LogP contribution in [0.25, 0.3) is 0 Å². The molecule has 6 nitrogen and oxygen atoms in total. The monoisotopic (exact) mass is 414 g/mol. The lowest BCUT2D eigenvalue weighted by atomic mass is 9.95. The van der Waals surface area contributed by atoms with Crippen molar-refractivity contribution in [2.45, 2.75) is 48.3 Å². The highest BCUT2D eigenvalue weighted by Crippen LogP contribution is 2.28. The summed E-state index contributed by atoms with van der Waals surface area (Å²) in [5.41, 5.74) is 0.560. The Kier molecular flexibility index (Phi) is 7.04. The maximum Gasteiger partial charge on any atom is 0.309 e. The second kappa shape index (κ2) is 9.69. The zero-order valence-corrected chi connectivity index (χ0v) is 17.0. The Morgan fingerprint density at radius 3 is 2.07 bits per heavy atom. The third-order valence-corrected chi connectivity index (χ3v) is 7.33. The summed E-state index contributed by atoms with van der Waals surface area (Å²) in [5, 5.41) is 4.28. The van der Waals surface area contributed by atoms with Crippen molar-refractivity contribution in [3.05, 3.63) is 66.2 Å². The molecule has 1 saturated carbocycles. The highest BCUT2D eigenvalue weighted by molar-refractivity contribution is 7.91. The van der Waals surface area contributed by atoms with Crippen LogP contribution >= 0.6 is 0 Å². The molecular weight excluding hydrogens is 388 g/mol. The van der Waals surface area contributed by atoms with E-state index in [1.165, 1.54) is 12.1 Å². The Morgan fingerprint density at radius 2 is 1.45 bits per heavy atom. The number of carbonyl (C=O) groups is 2. The van der Waals surface area contributed by atoms with Crippen molar-refractivity contribution >= 4 is 21.7 Å². The van der Waals surface area contributed by atoms with Gasteiger partial charge in [-0.3, -0.25) is 9.59 Å². The van der Waals surface area contributed by atoms with Gasteiger partial charge in [0, 0.05) is 12.6 Å². The van der Waals surface area contributed by atoms with E-state index < -0.39 is 26.9 Å². The molecule has 0 unspecified atom stereocenters. The number of hydrogen-bond acceptors (Lipinski definition) is 4. The fraction of sp³-hybridized carbons (Fsp3) is 0.364. The van der Waals surface area contributed by atoms with Crippen LogP contribution in [0.15, 0.2) is 65.6 Å². The van der Waals surface area contributed by atoms with Crippen LogP contribution in [0.5, 0.6) is 0 Å². The smallest absolute Gasteiger partial charge is 0.309 e. The standard InChI is InChI=1S/C22H26N2O4S/c25-21(22(26)24-18-12-6-2-7-13-18)23-16-20(17-10-4-1-5-11-17)29(27,28)19-14-8-3-9-15-19/h1,3-5,8-11,14-15,18,20H,2,6-7,12-13,16H2,(H,23,25)(H,24,26)/t20-/m1/s1. The first-order valence-electron chi connectivity index (χ1n) is 9.91. The summed E-state index contributed by atoms with van der Waals surface area (Å²) < 4.78 is 26.4. The van der Waals surface area contributed by atoms with E-state index in [1.54, 1.807) is 48.5 Å². The van der Waals surface area contributed by atoms with Gasteiger partial charge in [-0.1, -0.05) is 67.8 Å². The third kappa shape index (κ3) is 5.44. The average Bonchev–Trinajstić information content (AvgIpc) is 2.75. The van der Waals surface area contributed by atoms with Gasteiger partial charge >= 0.3 is 11.8 Å². The molecule has 2 amide bonds. The van der Waals surface area contributed by atoms with Gasteiger partial charge in [-0.05, 0) is 30.5 Å². The van der Waals surface area contributed by atoms with Crippen LogP contribution in [0.4, 0.5) is 0 Å². The zero-order chi connectivity index (χ0) is 20.7. The van der Waals surface area contributed by atoms with E-state index in [-0.39, 0.29) is 17.5 Å². The summed E-state index contributed by atoms with van der Waals surface area (Å²) in [6, 6.07) is 16.8. The molecule has 0 aromatic heterocycles. The van der Waals surface area contributed by atoms with Crippen LogP contribution in [0, 0.1) is 0 Å². The Bertz CT molecular complexity index is 924. The van der Waals surface area contributed by atoms with Crippen LogP contribution in [0.2, 0.25) is 0 Å². The minimum absolute atomic E-state index is 0.0139. The van der Waals surface area contributed by atoms with Crippen molar-refractivity contribution < 1.29 is 18.0 Å². The van der Waals surface area contributed by atoms with E-state index in [0.717, 1.165) is 32.1 Å². The van der Waals surface area contributed by atoms with E-state index in [4.69, 9.17) is 0 Å². The number of sulfone groups is 1. The van der Waals surface area contributed by atoms with Gasteiger partial charge in [0.15, 0.2) is 9.84 Å². The normalized spacial score (nSPS) is 16.0. The zero-order valence-electron chi connectivity index (χ0n) is 16.2. The van der Waals surface area contributed by atoms with Gasteiger partial charge < -0.3 is 10.6 Å². The van der Waals surface area contributed by atoms with E-state index >= 15 is 0 Å². The molecule has 2 aromatic rings. The number of nitrogens with one attached hydrogen (secondary N) is 2. The molecule has 7 heteroatoms. The van der Waals surface area contributed by atoms with Crippen molar-refractivity contribution in [3.63, 3.8) is 0 Å². The molecule has 2 N–H and O–H groups in total. The number of rotatable bonds is 6. The van der Waals surface area contributed by atoms with Crippen LogP contribution in [-0.2, 0) is 19.4 Å². The molecule has 0 radical (unpaired) electrons. The predicted octanol–water partition coefficient (Wildman–Crippen LogP) is 2.77. The fourth-order valence-electron chi connectivity index (χ4n) is 3.61. The first-order chi connectivity index (χ1) is 14.0. The molecule has 1 aliphatic rings. The molecule has 1 atom stereocenters. The quantitative estimate of drug-likeness (QED) is 0.711.